The van der Waals surface area contributed by atoms with Crippen LogP contribution in [-0.2, 0) is 4.74 Å². The normalized spacial score (nSPS) is 12.6. The Kier molecular flexibility index (Phi) is 6.91. The van der Waals surface area contributed by atoms with E-state index in [2.05, 4.69) is 21.2 Å². The van der Waals surface area contributed by atoms with Crippen LogP contribution in [0.25, 0.3) is 0 Å². The topological polar surface area (TPSA) is 102 Å². The van der Waals surface area contributed by atoms with Crippen molar-refractivity contribution in [3.8, 4) is 0 Å². The number of carbonyl (C=O) groups excluding carboxylic acids is 1. The third kappa shape index (κ3) is 5.86. The number of hydrogen-bond acceptors (Lipinski definition) is 5. The van der Waals surface area contributed by atoms with Crippen molar-refractivity contribution in [2.24, 2.45) is 0 Å². The largest absolute Gasteiger partial charge is 0.478 e. The number of ether oxygens (including phenoxy) is 1. The molecule has 0 heterocycles. The van der Waals surface area contributed by atoms with Gasteiger partial charge in [-0.3, -0.25) is 0 Å². The van der Waals surface area contributed by atoms with Crippen molar-refractivity contribution in [3.05, 3.63) is 21.9 Å². The molecule has 1 aromatic rings. The zero-order valence-electron chi connectivity index (χ0n) is 13.8. The molecule has 0 saturated heterocycles. The summed E-state index contributed by atoms with van der Waals surface area (Å²) in [7, 11) is 0. The number of nitrogen functional groups attached to an aromatic ring is 1. The lowest BCUT2D eigenvalue weighted by Gasteiger charge is -2.22. The highest BCUT2D eigenvalue weighted by atomic mass is 79.9. The highest BCUT2D eigenvalue weighted by Crippen LogP contribution is 2.37. The summed E-state index contributed by atoms with van der Waals surface area (Å²) in [5.74, 6) is -1.66. The van der Waals surface area contributed by atoms with Crippen LogP contribution < -0.4 is 11.1 Å². The van der Waals surface area contributed by atoms with Crippen LogP contribution in [0.3, 0.4) is 0 Å². The third-order valence-electron chi connectivity index (χ3n) is 2.69. The molecule has 0 saturated carbocycles. The summed E-state index contributed by atoms with van der Waals surface area (Å²) in [4.78, 5) is 23.1. The minimum absolute atomic E-state index is 0.0229. The van der Waals surface area contributed by atoms with Crippen LogP contribution in [0, 0.1) is 5.82 Å². The van der Waals surface area contributed by atoms with E-state index in [1.54, 1.807) is 27.7 Å². The smallest absolute Gasteiger partial charge is 0.407 e. The Hall–Kier alpha value is -1.48. The predicted octanol–water partition coefficient (Wildman–Crippen LogP) is 3.87. The van der Waals surface area contributed by atoms with Crippen LogP contribution in [0.5, 0.6) is 0 Å². The lowest BCUT2D eigenvalue weighted by molar-refractivity contribution is 0.0513. The number of anilines is 1. The van der Waals surface area contributed by atoms with Gasteiger partial charge in [0.15, 0.2) is 0 Å². The molecule has 134 valence electrons. The SMILES string of the molecule is CC(CSc1c(N)c(C(=O)O)cc(F)c1Br)NC(=O)OC(C)(C)C. The van der Waals surface area contributed by atoms with Gasteiger partial charge >= 0.3 is 12.1 Å². The number of aromatic carboxylic acids is 1. The van der Waals surface area contributed by atoms with Crippen LogP contribution in [0.2, 0.25) is 0 Å². The molecule has 9 heteroatoms. The number of nitrogens with two attached hydrogens (primary N) is 1. The van der Waals surface area contributed by atoms with Gasteiger partial charge in [-0.1, -0.05) is 0 Å². The summed E-state index contributed by atoms with van der Waals surface area (Å²) in [5.41, 5.74) is 4.88. The maximum Gasteiger partial charge on any atom is 0.407 e. The average Bonchev–Trinajstić information content (AvgIpc) is 2.40. The first kappa shape index (κ1) is 20.6. The second kappa shape index (κ2) is 8.06. The minimum Gasteiger partial charge on any atom is -0.478 e. The Balaban J connectivity index is 2.80. The Morgan fingerprint density at radius 2 is 2.08 bits per heavy atom. The molecule has 0 aromatic heterocycles. The molecule has 0 fully saturated rings. The van der Waals surface area contributed by atoms with Crippen molar-refractivity contribution in [2.75, 3.05) is 11.5 Å². The molecular formula is C15H20BrFN2O4S. The lowest BCUT2D eigenvalue weighted by Crippen LogP contribution is -2.38. The van der Waals surface area contributed by atoms with Gasteiger partial charge in [-0.2, -0.15) is 0 Å². The zero-order chi connectivity index (χ0) is 18.7. The van der Waals surface area contributed by atoms with E-state index in [9.17, 15) is 14.0 Å². The van der Waals surface area contributed by atoms with Gasteiger partial charge in [0.05, 0.1) is 15.7 Å². The van der Waals surface area contributed by atoms with Gasteiger partial charge in [-0.25, -0.2) is 14.0 Å². The van der Waals surface area contributed by atoms with Gasteiger partial charge in [0, 0.05) is 16.7 Å². The molecule has 1 amide bonds. The number of nitrogens with one attached hydrogen (secondary N) is 1. The lowest BCUT2D eigenvalue weighted by atomic mass is 10.2. The van der Waals surface area contributed by atoms with Crippen molar-refractivity contribution in [2.45, 2.75) is 44.2 Å². The van der Waals surface area contributed by atoms with E-state index in [1.807, 2.05) is 0 Å². The molecule has 0 aliphatic carbocycles. The molecule has 0 aliphatic rings. The Morgan fingerprint density at radius 1 is 1.50 bits per heavy atom. The molecule has 1 rings (SSSR count). The molecule has 0 spiro atoms. The molecule has 6 nitrogen and oxygen atoms in total. The highest BCUT2D eigenvalue weighted by molar-refractivity contribution is 9.10. The Bertz CT molecular complexity index is 649. The maximum absolute atomic E-state index is 13.8. The summed E-state index contributed by atoms with van der Waals surface area (Å²) in [5, 5.41) is 11.7. The van der Waals surface area contributed by atoms with Gasteiger partial charge in [0.1, 0.15) is 11.4 Å². The van der Waals surface area contributed by atoms with E-state index in [1.165, 1.54) is 0 Å². The van der Waals surface area contributed by atoms with Gasteiger partial charge in [-0.05, 0) is 49.7 Å². The summed E-state index contributed by atoms with van der Waals surface area (Å²) >= 11 is 4.22. The number of hydrogen-bond donors (Lipinski definition) is 3. The zero-order valence-corrected chi connectivity index (χ0v) is 16.2. The maximum atomic E-state index is 13.8. The van der Waals surface area contributed by atoms with Crippen LogP contribution in [0.15, 0.2) is 15.4 Å². The molecular weight excluding hydrogens is 403 g/mol. The predicted molar refractivity (Wildman–Crippen MR) is 95.0 cm³/mol. The number of alkyl carbamates (subject to hydrolysis) is 1. The molecule has 24 heavy (non-hydrogen) atoms. The van der Waals surface area contributed by atoms with E-state index in [0.29, 0.717) is 5.75 Å². The van der Waals surface area contributed by atoms with Crippen LogP contribution in [-0.4, -0.2) is 34.6 Å². The van der Waals surface area contributed by atoms with Crippen LogP contribution in [0.1, 0.15) is 38.1 Å². The monoisotopic (exact) mass is 422 g/mol. The number of benzene rings is 1. The van der Waals surface area contributed by atoms with Crippen molar-refractivity contribution < 1.29 is 23.8 Å². The van der Waals surface area contributed by atoms with Crippen molar-refractivity contribution >= 4 is 45.4 Å². The molecule has 0 radical (unpaired) electrons. The number of rotatable bonds is 5. The average molecular weight is 423 g/mol. The van der Waals surface area contributed by atoms with E-state index in [4.69, 9.17) is 15.6 Å². The second-order valence-corrected chi connectivity index (χ2v) is 7.95. The number of amides is 1. The highest BCUT2D eigenvalue weighted by Gasteiger charge is 2.21. The van der Waals surface area contributed by atoms with Crippen LogP contribution in [0.4, 0.5) is 14.9 Å². The number of carboxylic acids is 1. The van der Waals surface area contributed by atoms with Gasteiger partial charge in [0.25, 0.3) is 0 Å². The number of thioether (sulfide) groups is 1. The molecule has 1 unspecified atom stereocenters. The van der Waals surface area contributed by atoms with E-state index >= 15 is 0 Å². The molecule has 1 aromatic carbocycles. The third-order valence-corrected chi connectivity index (χ3v) is 5.10. The summed E-state index contributed by atoms with van der Waals surface area (Å²) < 4.78 is 19.1. The first-order chi connectivity index (χ1) is 10.9. The van der Waals surface area contributed by atoms with Crippen molar-refractivity contribution in [1.82, 2.24) is 5.32 Å². The van der Waals surface area contributed by atoms with Crippen molar-refractivity contribution in [3.63, 3.8) is 0 Å². The molecule has 0 bridgehead atoms. The summed E-state index contributed by atoms with van der Waals surface area (Å²) in [6.45, 7) is 7.01. The van der Waals surface area contributed by atoms with Gasteiger partial charge in [-0.15, -0.1) is 11.8 Å². The van der Waals surface area contributed by atoms with Crippen LogP contribution >= 0.6 is 27.7 Å². The summed E-state index contributed by atoms with van der Waals surface area (Å²) in [6.07, 6.45) is -0.562. The molecule has 1 atom stereocenters. The first-order valence-electron chi connectivity index (χ1n) is 7.05. The van der Waals surface area contributed by atoms with Crippen molar-refractivity contribution in [1.29, 1.82) is 0 Å². The van der Waals surface area contributed by atoms with E-state index in [0.717, 1.165) is 17.8 Å². The second-order valence-electron chi connectivity index (χ2n) is 6.13. The van der Waals surface area contributed by atoms with E-state index < -0.39 is 23.5 Å². The standard InChI is InChI=1S/C15H20BrFN2O4S/c1-7(19-14(22)23-15(2,3)4)6-24-12-10(16)9(17)5-8(11(12)18)13(20)21/h5,7H,6,18H2,1-4H3,(H,19,22)(H,20,21). The number of carbonyl (C=O) groups is 2. The van der Waals surface area contributed by atoms with Gasteiger partial charge in [0.2, 0.25) is 0 Å². The number of carboxylic acid groups (broad SMARTS) is 1. The molecule has 0 aliphatic heterocycles. The Morgan fingerprint density at radius 3 is 2.58 bits per heavy atom. The Labute approximate surface area is 152 Å². The summed E-state index contributed by atoms with van der Waals surface area (Å²) in [6, 6.07) is 0.571. The fourth-order valence-electron chi connectivity index (χ4n) is 1.69. The van der Waals surface area contributed by atoms with Gasteiger partial charge < -0.3 is 20.9 Å². The van der Waals surface area contributed by atoms with E-state index in [-0.39, 0.29) is 26.7 Å². The quantitative estimate of drug-likeness (QED) is 0.491. The minimum atomic E-state index is -1.30. The number of halogens is 2. The fraction of sp³-hybridized carbons (Fsp3) is 0.467. The first-order valence-corrected chi connectivity index (χ1v) is 8.83. The molecule has 4 N–H and O–H groups in total. The fourth-order valence-corrected chi connectivity index (χ4v) is 3.35.